The highest BCUT2D eigenvalue weighted by Gasteiger charge is 2.29. The fourth-order valence-corrected chi connectivity index (χ4v) is 3.22. The predicted octanol–water partition coefficient (Wildman–Crippen LogP) is 3.66. The van der Waals surface area contributed by atoms with Crippen molar-refractivity contribution in [3.8, 4) is 0 Å². The number of pyridine rings is 2. The van der Waals surface area contributed by atoms with Crippen LogP contribution in [0.3, 0.4) is 0 Å². The van der Waals surface area contributed by atoms with Crippen LogP contribution in [0, 0.1) is 11.2 Å². The SMILES string of the molecule is CCCN1CCN(C(=O)Nc2ccc(F)cn2)c2nc(C(=O)NCC(C)(C)C)ccc21. The van der Waals surface area contributed by atoms with E-state index < -0.39 is 11.8 Å². The van der Waals surface area contributed by atoms with E-state index in [2.05, 4.69) is 32.4 Å². The van der Waals surface area contributed by atoms with E-state index in [1.807, 2.05) is 26.8 Å². The van der Waals surface area contributed by atoms with Gasteiger partial charge in [-0.1, -0.05) is 27.7 Å². The smallest absolute Gasteiger partial charge is 0.328 e. The molecule has 0 fully saturated rings. The van der Waals surface area contributed by atoms with Gasteiger partial charge in [-0.05, 0) is 36.1 Å². The number of amides is 3. The van der Waals surface area contributed by atoms with Crippen molar-refractivity contribution in [3.63, 3.8) is 0 Å². The molecule has 2 aromatic heterocycles. The zero-order valence-corrected chi connectivity index (χ0v) is 18.4. The lowest BCUT2D eigenvalue weighted by Crippen LogP contribution is -2.47. The standard InChI is InChI=1S/C22H29FN6O2/c1-5-10-28-11-12-29(21(31)27-18-9-6-15(23)13-24-18)19-17(28)8-7-16(26-19)20(30)25-14-22(2,3)4/h6-9,13H,5,10-12,14H2,1-4H3,(H,25,30)(H,24,27,31). The van der Waals surface area contributed by atoms with Gasteiger partial charge in [0.15, 0.2) is 5.82 Å². The summed E-state index contributed by atoms with van der Waals surface area (Å²) in [7, 11) is 0. The van der Waals surface area contributed by atoms with Crippen LogP contribution in [0.25, 0.3) is 0 Å². The normalized spacial score (nSPS) is 13.6. The Labute approximate surface area is 181 Å². The molecular formula is C22H29FN6O2. The second-order valence-corrected chi connectivity index (χ2v) is 8.71. The van der Waals surface area contributed by atoms with E-state index in [0.717, 1.165) is 24.8 Å². The van der Waals surface area contributed by atoms with Crippen LogP contribution in [0.2, 0.25) is 0 Å². The molecule has 2 aromatic rings. The topological polar surface area (TPSA) is 90.5 Å². The summed E-state index contributed by atoms with van der Waals surface area (Å²) in [5.74, 6) is -0.110. The van der Waals surface area contributed by atoms with Crippen LogP contribution in [-0.2, 0) is 0 Å². The first-order chi connectivity index (χ1) is 14.7. The summed E-state index contributed by atoms with van der Waals surface area (Å²) in [4.78, 5) is 37.6. The van der Waals surface area contributed by atoms with Crippen LogP contribution in [0.1, 0.15) is 44.6 Å². The van der Waals surface area contributed by atoms with Gasteiger partial charge in [-0.3, -0.25) is 15.0 Å². The molecule has 0 bridgehead atoms. The van der Waals surface area contributed by atoms with Crippen LogP contribution in [0.4, 0.5) is 26.5 Å². The average molecular weight is 429 g/mol. The summed E-state index contributed by atoms with van der Waals surface area (Å²) in [6.45, 7) is 10.6. The van der Waals surface area contributed by atoms with Crippen molar-refractivity contribution < 1.29 is 14.0 Å². The molecule has 3 rings (SSSR count). The van der Waals surface area contributed by atoms with Crippen LogP contribution >= 0.6 is 0 Å². The highest BCUT2D eigenvalue weighted by molar-refractivity contribution is 6.04. The minimum atomic E-state index is -0.482. The van der Waals surface area contributed by atoms with Crippen LogP contribution < -0.4 is 20.4 Å². The molecule has 9 heteroatoms. The Morgan fingerprint density at radius 3 is 2.58 bits per heavy atom. The van der Waals surface area contributed by atoms with E-state index >= 15 is 0 Å². The molecule has 0 unspecified atom stereocenters. The average Bonchev–Trinajstić information content (AvgIpc) is 2.73. The maximum Gasteiger partial charge on any atom is 0.328 e. The first kappa shape index (κ1) is 22.5. The lowest BCUT2D eigenvalue weighted by molar-refractivity contribution is 0.0934. The third kappa shape index (κ3) is 5.68. The van der Waals surface area contributed by atoms with E-state index in [1.165, 1.54) is 17.0 Å². The van der Waals surface area contributed by atoms with Gasteiger partial charge >= 0.3 is 6.03 Å². The molecule has 3 heterocycles. The highest BCUT2D eigenvalue weighted by atomic mass is 19.1. The Bertz CT molecular complexity index is 942. The van der Waals surface area contributed by atoms with Gasteiger partial charge in [-0.25, -0.2) is 19.2 Å². The molecule has 3 amide bonds. The monoisotopic (exact) mass is 428 g/mol. The minimum absolute atomic E-state index is 0.0597. The number of hydrogen-bond donors (Lipinski definition) is 2. The number of rotatable bonds is 5. The van der Waals surface area contributed by atoms with Gasteiger partial charge in [-0.15, -0.1) is 0 Å². The fourth-order valence-electron chi connectivity index (χ4n) is 3.22. The quantitative estimate of drug-likeness (QED) is 0.759. The maximum absolute atomic E-state index is 13.1. The Kier molecular flexibility index (Phi) is 6.72. The first-order valence-electron chi connectivity index (χ1n) is 10.4. The number of urea groups is 1. The highest BCUT2D eigenvalue weighted by Crippen LogP contribution is 2.32. The number of carbonyl (C=O) groups excluding carboxylic acids is 2. The number of anilines is 3. The van der Waals surface area contributed by atoms with Crippen LogP contribution in [-0.4, -0.2) is 48.1 Å². The van der Waals surface area contributed by atoms with Gasteiger partial charge < -0.3 is 10.2 Å². The second kappa shape index (κ2) is 9.28. The second-order valence-electron chi connectivity index (χ2n) is 8.71. The number of nitrogens with zero attached hydrogens (tertiary/aromatic N) is 4. The summed E-state index contributed by atoms with van der Waals surface area (Å²) >= 11 is 0. The molecule has 0 saturated heterocycles. The first-order valence-corrected chi connectivity index (χ1v) is 10.4. The van der Waals surface area contributed by atoms with E-state index in [9.17, 15) is 14.0 Å². The van der Waals surface area contributed by atoms with Crippen molar-refractivity contribution in [2.24, 2.45) is 5.41 Å². The molecule has 0 atom stereocenters. The Balaban J connectivity index is 1.87. The summed E-state index contributed by atoms with van der Waals surface area (Å²) < 4.78 is 13.1. The van der Waals surface area contributed by atoms with Crippen molar-refractivity contribution in [2.45, 2.75) is 34.1 Å². The summed E-state index contributed by atoms with van der Waals surface area (Å²) in [5.41, 5.74) is 0.984. The molecule has 31 heavy (non-hydrogen) atoms. The van der Waals surface area contributed by atoms with E-state index in [1.54, 1.807) is 6.07 Å². The predicted molar refractivity (Wildman–Crippen MR) is 119 cm³/mol. The molecule has 2 N–H and O–H groups in total. The van der Waals surface area contributed by atoms with Gasteiger partial charge in [0.05, 0.1) is 11.9 Å². The zero-order valence-electron chi connectivity index (χ0n) is 18.4. The zero-order chi connectivity index (χ0) is 22.6. The van der Waals surface area contributed by atoms with E-state index in [4.69, 9.17) is 0 Å². The summed E-state index contributed by atoms with van der Waals surface area (Å²) in [5, 5.41) is 5.56. The molecule has 1 aliphatic heterocycles. The largest absolute Gasteiger partial charge is 0.367 e. The number of nitrogens with one attached hydrogen (secondary N) is 2. The van der Waals surface area contributed by atoms with Crippen molar-refractivity contribution >= 4 is 29.3 Å². The molecule has 0 spiro atoms. The van der Waals surface area contributed by atoms with Gasteiger partial charge in [0, 0.05) is 26.2 Å². The lowest BCUT2D eigenvalue weighted by Gasteiger charge is -2.36. The van der Waals surface area contributed by atoms with Gasteiger partial charge in [0.25, 0.3) is 5.91 Å². The van der Waals surface area contributed by atoms with Gasteiger partial charge in [-0.2, -0.15) is 0 Å². The van der Waals surface area contributed by atoms with Crippen LogP contribution in [0.15, 0.2) is 30.5 Å². The maximum atomic E-state index is 13.1. The molecule has 0 aromatic carbocycles. The number of aromatic nitrogens is 2. The number of carbonyl (C=O) groups is 2. The third-order valence-corrected chi connectivity index (χ3v) is 4.76. The summed E-state index contributed by atoms with van der Waals surface area (Å²) in [6, 6.07) is 5.70. The molecule has 1 aliphatic rings. The molecule has 166 valence electrons. The van der Waals surface area contributed by atoms with E-state index in [0.29, 0.717) is 25.5 Å². The van der Waals surface area contributed by atoms with Gasteiger partial charge in [0.2, 0.25) is 0 Å². The van der Waals surface area contributed by atoms with E-state index in [-0.39, 0.29) is 22.8 Å². The number of hydrogen-bond acceptors (Lipinski definition) is 5. The fraction of sp³-hybridized carbons (Fsp3) is 0.455. The van der Waals surface area contributed by atoms with Crippen LogP contribution in [0.5, 0.6) is 0 Å². The summed E-state index contributed by atoms with van der Waals surface area (Å²) in [6.07, 6.45) is 1.98. The molecule has 8 nitrogen and oxygen atoms in total. The van der Waals surface area contributed by atoms with Crippen molar-refractivity contribution in [2.75, 3.05) is 41.3 Å². The Morgan fingerprint density at radius 2 is 1.94 bits per heavy atom. The van der Waals surface area contributed by atoms with Crippen molar-refractivity contribution in [3.05, 3.63) is 42.0 Å². The third-order valence-electron chi connectivity index (χ3n) is 4.76. The minimum Gasteiger partial charge on any atom is -0.367 e. The molecule has 0 radical (unpaired) electrons. The molecular weight excluding hydrogens is 399 g/mol. The van der Waals surface area contributed by atoms with Crippen molar-refractivity contribution in [1.82, 2.24) is 15.3 Å². The number of fused-ring (bicyclic) bond motifs is 1. The van der Waals surface area contributed by atoms with Crippen molar-refractivity contribution in [1.29, 1.82) is 0 Å². The van der Waals surface area contributed by atoms with Gasteiger partial charge in [0.1, 0.15) is 17.3 Å². The lowest BCUT2D eigenvalue weighted by atomic mass is 9.97. The molecule has 0 aliphatic carbocycles. The Morgan fingerprint density at radius 1 is 1.16 bits per heavy atom. The Hall–Kier alpha value is -3.23. The molecule has 0 saturated carbocycles. The number of halogens is 1.